The van der Waals surface area contributed by atoms with Crippen molar-refractivity contribution in [2.75, 3.05) is 13.1 Å². The first-order valence-corrected chi connectivity index (χ1v) is 6.74. The van der Waals surface area contributed by atoms with Gasteiger partial charge in [0.1, 0.15) is 5.75 Å². The number of hydrogen-bond acceptors (Lipinski definition) is 3. The van der Waals surface area contributed by atoms with E-state index >= 15 is 0 Å². The minimum Gasteiger partial charge on any atom is -0.506 e. The summed E-state index contributed by atoms with van der Waals surface area (Å²) in [5.41, 5.74) is 8.40. The second-order valence-corrected chi connectivity index (χ2v) is 4.60. The third kappa shape index (κ3) is 3.64. The lowest BCUT2D eigenvalue weighted by Gasteiger charge is -2.08. The van der Waals surface area contributed by atoms with Crippen molar-refractivity contribution >= 4 is 16.7 Å². The first-order valence-electron chi connectivity index (χ1n) is 6.74. The predicted molar refractivity (Wildman–Crippen MR) is 81.2 cm³/mol. The molecular weight excluding hydrogens is 268 g/mol. The second-order valence-electron chi connectivity index (χ2n) is 4.60. The number of nitrogens with zero attached hydrogens (tertiary/aromatic N) is 3. The van der Waals surface area contributed by atoms with Crippen LogP contribution in [0.3, 0.4) is 0 Å². The number of carbonyl (C=O) groups excluding carboxylic acids is 1. The van der Waals surface area contributed by atoms with E-state index in [1.54, 1.807) is 12.1 Å². The lowest BCUT2D eigenvalue weighted by atomic mass is 10.0. The Balaban J connectivity index is 1.99. The van der Waals surface area contributed by atoms with Gasteiger partial charge >= 0.3 is 0 Å². The number of rotatable bonds is 6. The van der Waals surface area contributed by atoms with Gasteiger partial charge in [0.25, 0.3) is 5.91 Å². The van der Waals surface area contributed by atoms with Gasteiger partial charge in [0.15, 0.2) is 0 Å². The number of phenolic OH excluding ortho intramolecular Hbond substituents is 1. The molecule has 0 radical (unpaired) electrons. The van der Waals surface area contributed by atoms with Gasteiger partial charge in [0.2, 0.25) is 0 Å². The standard InChI is InChI=1S/C15H16N4O2/c16-19-18-10-4-3-9-17-15(21)13-8-7-11-5-1-2-6-12(11)14(13)20/h1-2,5-8,20H,3-4,9-10H2,(H,17,21). The Morgan fingerprint density at radius 3 is 2.86 bits per heavy atom. The summed E-state index contributed by atoms with van der Waals surface area (Å²) in [6.07, 6.45) is 1.44. The highest BCUT2D eigenvalue weighted by Gasteiger charge is 2.12. The average molecular weight is 284 g/mol. The van der Waals surface area contributed by atoms with Crippen molar-refractivity contribution in [3.63, 3.8) is 0 Å². The number of azide groups is 1. The number of carbonyl (C=O) groups is 1. The van der Waals surface area contributed by atoms with E-state index in [9.17, 15) is 9.90 Å². The van der Waals surface area contributed by atoms with Gasteiger partial charge in [-0.15, -0.1) is 0 Å². The maximum atomic E-state index is 12.0. The van der Waals surface area contributed by atoms with Crippen LogP contribution in [0.4, 0.5) is 0 Å². The smallest absolute Gasteiger partial charge is 0.255 e. The van der Waals surface area contributed by atoms with Crippen molar-refractivity contribution in [3.8, 4) is 5.75 Å². The van der Waals surface area contributed by atoms with Crippen LogP contribution in [0.2, 0.25) is 0 Å². The molecule has 21 heavy (non-hydrogen) atoms. The number of hydrogen-bond donors (Lipinski definition) is 2. The van der Waals surface area contributed by atoms with E-state index in [4.69, 9.17) is 5.53 Å². The maximum Gasteiger partial charge on any atom is 0.255 e. The van der Waals surface area contributed by atoms with Crippen LogP contribution in [0.25, 0.3) is 21.2 Å². The number of phenols is 1. The van der Waals surface area contributed by atoms with Gasteiger partial charge in [-0.1, -0.05) is 35.4 Å². The minimum atomic E-state index is -0.304. The molecule has 0 aliphatic heterocycles. The van der Waals surface area contributed by atoms with Gasteiger partial charge in [0, 0.05) is 23.4 Å². The molecule has 2 N–H and O–H groups in total. The number of nitrogens with one attached hydrogen (secondary N) is 1. The summed E-state index contributed by atoms with van der Waals surface area (Å²) in [7, 11) is 0. The molecule has 0 heterocycles. The summed E-state index contributed by atoms with van der Waals surface area (Å²) in [5.74, 6) is -0.304. The molecule has 2 rings (SSSR count). The molecule has 0 unspecified atom stereocenters. The van der Waals surface area contributed by atoms with Crippen molar-refractivity contribution in [2.24, 2.45) is 5.11 Å². The van der Waals surface area contributed by atoms with Crippen LogP contribution in [0.15, 0.2) is 41.5 Å². The molecule has 0 aliphatic rings. The monoisotopic (exact) mass is 284 g/mol. The van der Waals surface area contributed by atoms with Gasteiger partial charge in [-0.3, -0.25) is 4.79 Å². The van der Waals surface area contributed by atoms with Crippen LogP contribution >= 0.6 is 0 Å². The van der Waals surface area contributed by atoms with Gasteiger partial charge < -0.3 is 10.4 Å². The maximum absolute atomic E-state index is 12.0. The lowest BCUT2D eigenvalue weighted by Crippen LogP contribution is -2.24. The third-order valence-corrected chi connectivity index (χ3v) is 3.18. The van der Waals surface area contributed by atoms with Gasteiger partial charge in [-0.2, -0.15) is 0 Å². The van der Waals surface area contributed by atoms with E-state index in [0.717, 1.165) is 11.8 Å². The Kier molecular flexibility index (Phi) is 5.01. The Labute approximate surface area is 122 Å². The summed E-state index contributed by atoms with van der Waals surface area (Å²) in [5, 5.41) is 17.9. The fraction of sp³-hybridized carbons (Fsp3) is 0.267. The van der Waals surface area contributed by atoms with Crippen molar-refractivity contribution in [1.29, 1.82) is 0 Å². The zero-order valence-electron chi connectivity index (χ0n) is 11.5. The summed E-state index contributed by atoms with van der Waals surface area (Å²) < 4.78 is 0. The Hall–Kier alpha value is -2.72. The number of aromatic hydroxyl groups is 1. The fourth-order valence-electron chi connectivity index (χ4n) is 2.09. The predicted octanol–water partition coefficient (Wildman–Crippen LogP) is 3.37. The molecule has 0 saturated carbocycles. The molecule has 0 fully saturated rings. The fourth-order valence-corrected chi connectivity index (χ4v) is 2.09. The molecule has 0 atom stereocenters. The lowest BCUT2D eigenvalue weighted by molar-refractivity contribution is 0.0950. The summed E-state index contributed by atoms with van der Waals surface area (Å²) in [4.78, 5) is 14.7. The summed E-state index contributed by atoms with van der Waals surface area (Å²) in [6, 6.07) is 10.8. The van der Waals surface area contributed by atoms with Crippen molar-refractivity contribution in [2.45, 2.75) is 12.8 Å². The van der Waals surface area contributed by atoms with Crippen LogP contribution in [-0.4, -0.2) is 24.1 Å². The first kappa shape index (κ1) is 14.7. The average Bonchev–Trinajstić information content (AvgIpc) is 2.51. The number of fused-ring (bicyclic) bond motifs is 1. The Morgan fingerprint density at radius 1 is 1.24 bits per heavy atom. The van der Waals surface area contributed by atoms with Crippen LogP contribution in [0, 0.1) is 0 Å². The van der Waals surface area contributed by atoms with Crippen molar-refractivity contribution < 1.29 is 9.90 Å². The van der Waals surface area contributed by atoms with Crippen LogP contribution < -0.4 is 5.32 Å². The molecule has 0 saturated heterocycles. The van der Waals surface area contributed by atoms with E-state index in [0.29, 0.717) is 24.9 Å². The topological polar surface area (TPSA) is 98.1 Å². The van der Waals surface area contributed by atoms with E-state index in [2.05, 4.69) is 15.3 Å². The molecule has 0 aliphatic carbocycles. The number of amides is 1. The Morgan fingerprint density at radius 2 is 2.05 bits per heavy atom. The molecular formula is C15H16N4O2. The Bertz CT molecular complexity index is 693. The third-order valence-electron chi connectivity index (χ3n) is 3.18. The highest BCUT2D eigenvalue weighted by atomic mass is 16.3. The van der Waals surface area contributed by atoms with Crippen molar-refractivity contribution in [3.05, 3.63) is 52.4 Å². The molecule has 0 bridgehead atoms. The molecule has 1 amide bonds. The number of benzene rings is 2. The van der Waals surface area contributed by atoms with E-state index in [-0.39, 0.29) is 17.2 Å². The van der Waals surface area contributed by atoms with E-state index in [1.807, 2.05) is 24.3 Å². The van der Waals surface area contributed by atoms with Crippen LogP contribution in [0.1, 0.15) is 23.2 Å². The number of unbranched alkanes of at least 4 members (excludes halogenated alkanes) is 1. The van der Waals surface area contributed by atoms with Gasteiger partial charge in [-0.25, -0.2) is 0 Å². The highest BCUT2D eigenvalue weighted by molar-refractivity contribution is 6.03. The SMILES string of the molecule is [N-]=[N+]=NCCCCNC(=O)c1ccc2ccccc2c1O. The summed E-state index contributed by atoms with van der Waals surface area (Å²) in [6.45, 7) is 0.902. The van der Waals surface area contributed by atoms with E-state index < -0.39 is 0 Å². The molecule has 2 aromatic carbocycles. The van der Waals surface area contributed by atoms with Gasteiger partial charge in [0.05, 0.1) is 5.56 Å². The minimum absolute atomic E-state index is 0.000296. The molecule has 6 nitrogen and oxygen atoms in total. The van der Waals surface area contributed by atoms with E-state index in [1.165, 1.54) is 0 Å². The molecule has 2 aromatic rings. The van der Waals surface area contributed by atoms with Crippen LogP contribution in [0.5, 0.6) is 5.75 Å². The zero-order valence-corrected chi connectivity index (χ0v) is 11.5. The zero-order chi connectivity index (χ0) is 15.1. The molecule has 108 valence electrons. The molecule has 6 heteroatoms. The first-order chi connectivity index (χ1) is 10.2. The highest BCUT2D eigenvalue weighted by Crippen LogP contribution is 2.28. The van der Waals surface area contributed by atoms with Crippen LogP contribution in [-0.2, 0) is 0 Å². The second kappa shape index (κ2) is 7.17. The molecule has 0 aromatic heterocycles. The normalized spacial score (nSPS) is 10.1. The largest absolute Gasteiger partial charge is 0.506 e. The van der Waals surface area contributed by atoms with Gasteiger partial charge in [-0.05, 0) is 29.8 Å². The molecule has 0 spiro atoms. The van der Waals surface area contributed by atoms with Crippen molar-refractivity contribution in [1.82, 2.24) is 5.32 Å². The quantitative estimate of drug-likeness (QED) is 0.368. The summed E-state index contributed by atoms with van der Waals surface area (Å²) >= 11 is 0.